The van der Waals surface area contributed by atoms with E-state index in [4.69, 9.17) is 11.6 Å². The maximum absolute atomic E-state index is 13.5. The molecule has 6 heteroatoms. The van der Waals surface area contributed by atoms with Crippen molar-refractivity contribution < 1.29 is 13.6 Å². The number of carbonyl (C=O) groups excluding carboxylic acids is 1. The average molecular weight is 351 g/mol. The van der Waals surface area contributed by atoms with Gasteiger partial charge in [-0.15, -0.1) is 0 Å². The first-order chi connectivity index (χ1) is 11.6. The van der Waals surface area contributed by atoms with Gasteiger partial charge in [-0.25, -0.2) is 8.78 Å². The minimum Gasteiger partial charge on any atom is -0.268 e. The van der Waals surface area contributed by atoms with Crippen molar-refractivity contribution in [2.75, 3.05) is 0 Å². The molecule has 0 N–H and O–H groups in total. The van der Waals surface area contributed by atoms with E-state index < -0.39 is 17.5 Å². The average Bonchev–Trinajstić information content (AvgIpc) is 2.59. The summed E-state index contributed by atoms with van der Waals surface area (Å²) in [6.07, 6.45) is 7.02. The van der Waals surface area contributed by atoms with E-state index in [1.54, 1.807) is 24.4 Å². The smallest absolute Gasteiger partial charge is 0.265 e. The number of hydrogen-bond acceptors (Lipinski definition) is 2. The van der Waals surface area contributed by atoms with Crippen LogP contribution in [-0.4, -0.2) is 16.5 Å². The van der Waals surface area contributed by atoms with Crippen LogP contribution in [0.2, 0.25) is 5.02 Å². The molecular weight excluding hydrogens is 334 g/mol. The Labute approximate surface area is 143 Å². The molecule has 3 nitrogen and oxygen atoms in total. The zero-order valence-electron chi connectivity index (χ0n) is 13.0. The molecule has 3 rings (SSSR count). The first-order valence-corrected chi connectivity index (χ1v) is 8.35. The Bertz CT molecular complexity index is 826. The van der Waals surface area contributed by atoms with E-state index in [0.717, 1.165) is 37.8 Å². The first kappa shape index (κ1) is 16.8. The van der Waals surface area contributed by atoms with Crippen LogP contribution in [-0.2, 0) is 0 Å². The molecule has 126 valence electrons. The number of nitrogens with zero attached hydrogens (tertiary/aromatic N) is 2. The summed E-state index contributed by atoms with van der Waals surface area (Å²) in [4.78, 5) is 17.4. The molecule has 0 spiro atoms. The summed E-state index contributed by atoms with van der Waals surface area (Å²) in [5, 5.41) is -0.126. The Morgan fingerprint density at radius 3 is 2.58 bits per heavy atom. The molecule has 1 heterocycles. The van der Waals surface area contributed by atoms with Gasteiger partial charge in [0.15, 0.2) is 11.6 Å². The third-order valence-electron chi connectivity index (χ3n) is 4.19. The molecule has 0 radical (unpaired) electrons. The maximum Gasteiger partial charge on any atom is 0.265 e. The first-order valence-electron chi connectivity index (χ1n) is 7.97. The van der Waals surface area contributed by atoms with Crippen molar-refractivity contribution >= 4 is 17.5 Å². The molecule has 2 aromatic rings. The molecule has 0 unspecified atom stereocenters. The molecule has 0 amide bonds. The van der Waals surface area contributed by atoms with Crippen molar-refractivity contribution in [1.82, 2.24) is 4.57 Å². The van der Waals surface area contributed by atoms with Crippen molar-refractivity contribution in [1.29, 1.82) is 0 Å². The van der Waals surface area contributed by atoms with Gasteiger partial charge in [-0.05, 0) is 37.1 Å². The predicted molar refractivity (Wildman–Crippen MR) is 88.0 cm³/mol. The van der Waals surface area contributed by atoms with Crippen LogP contribution in [0.15, 0.2) is 41.5 Å². The van der Waals surface area contributed by atoms with Gasteiger partial charge < -0.3 is 0 Å². The molecular formula is C18H17ClF2N2O. The Hall–Kier alpha value is -2.01. The zero-order chi connectivity index (χ0) is 17.1. The second kappa shape index (κ2) is 7.26. The second-order valence-corrected chi connectivity index (χ2v) is 6.31. The van der Waals surface area contributed by atoms with Gasteiger partial charge in [-0.2, -0.15) is 0 Å². The highest BCUT2D eigenvalue weighted by atomic mass is 35.5. The predicted octanol–water partition coefficient (Wildman–Crippen LogP) is 4.34. The summed E-state index contributed by atoms with van der Waals surface area (Å²) >= 11 is 5.92. The van der Waals surface area contributed by atoms with Crippen molar-refractivity contribution in [2.24, 2.45) is 4.99 Å². The Morgan fingerprint density at radius 2 is 1.83 bits per heavy atom. The number of hydrogen-bond donors (Lipinski definition) is 0. The third-order valence-corrected chi connectivity index (χ3v) is 4.50. The fourth-order valence-electron chi connectivity index (χ4n) is 2.92. The lowest BCUT2D eigenvalue weighted by atomic mass is 9.96. The summed E-state index contributed by atoms with van der Waals surface area (Å²) in [5.74, 6) is -2.72. The summed E-state index contributed by atoms with van der Waals surface area (Å²) in [5.41, 5.74) is 0.405. The number of aromatic nitrogens is 1. The van der Waals surface area contributed by atoms with Gasteiger partial charge in [-0.1, -0.05) is 36.9 Å². The highest BCUT2D eigenvalue weighted by molar-refractivity contribution is 6.33. The SMILES string of the molecule is O=C(c1cc(F)c(F)cc1Cl)n1ccccc1=NC1CCCCC1. The molecule has 0 aliphatic heterocycles. The minimum atomic E-state index is -1.11. The van der Waals surface area contributed by atoms with Gasteiger partial charge in [0.2, 0.25) is 0 Å². The van der Waals surface area contributed by atoms with E-state index in [1.165, 1.54) is 11.0 Å². The molecule has 1 aliphatic rings. The summed E-state index contributed by atoms with van der Waals surface area (Å²) in [6, 6.07) is 7.03. The highest BCUT2D eigenvalue weighted by Gasteiger charge is 2.18. The highest BCUT2D eigenvalue weighted by Crippen LogP contribution is 2.21. The molecule has 0 bridgehead atoms. The lowest BCUT2D eigenvalue weighted by molar-refractivity contribution is 0.0954. The van der Waals surface area contributed by atoms with Gasteiger partial charge in [0.25, 0.3) is 5.91 Å². The quantitative estimate of drug-likeness (QED) is 0.742. The monoisotopic (exact) mass is 350 g/mol. The van der Waals surface area contributed by atoms with E-state index in [1.807, 2.05) is 0 Å². The Balaban J connectivity index is 2.02. The van der Waals surface area contributed by atoms with Gasteiger partial charge in [0, 0.05) is 6.20 Å². The molecule has 24 heavy (non-hydrogen) atoms. The van der Waals surface area contributed by atoms with Crippen LogP contribution in [0.4, 0.5) is 8.78 Å². The van der Waals surface area contributed by atoms with Crippen molar-refractivity contribution in [2.45, 2.75) is 38.1 Å². The molecule has 1 aromatic heterocycles. The van der Waals surface area contributed by atoms with Crippen molar-refractivity contribution in [3.63, 3.8) is 0 Å². The largest absolute Gasteiger partial charge is 0.268 e. The van der Waals surface area contributed by atoms with Crippen LogP contribution in [0.1, 0.15) is 42.5 Å². The summed E-state index contributed by atoms with van der Waals surface area (Å²) in [7, 11) is 0. The van der Waals surface area contributed by atoms with Crippen LogP contribution >= 0.6 is 11.6 Å². The van der Waals surface area contributed by atoms with Crippen molar-refractivity contribution in [3.8, 4) is 0 Å². The van der Waals surface area contributed by atoms with E-state index in [9.17, 15) is 13.6 Å². The van der Waals surface area contributed by atoms with Gasteiger partial charge in [-0.3, -0.25) is 14.4 Å². The van der Waals surface area contributed by atoms with Crippen LogP contribution in [0.25, 0.3) is 0 Å². The Kier molecular flexibility index (Phi) is 5.09. The Morgan fingerprint density at radius 1 is 1.12 bits per heavy atom. The maximum atomic E-state index is 13.5. The molecule has 1 saturated carbocycles. The molecule has 1 aliphatic carbocycles. The number of benzene rings is 1. The van der Waals surface area contributed by atoms with Crippen molar-refractivity contribution in [3.05, 3.63) is 64.2 Å². The fourth-order valence-corrected chi connectivity index (χ4v) is 3.16. The topological polar surface area (TPSA) is 34.4 Å². The third kappa shape index (κ3) is 3.56. The van der Waals surface area contributed by atoms with Crippen LogP contribution < -0.4 is 5.49 Å². The van der Waals surface area contributed by atoms with Crippen LogP contribution in [0, 0.1) is 11.6 Å². The summed E-state index contributed by atoms with van der Waals surface area (Å²) < 4.78 is 28.0. The number of pyridine rings is 1. The number of carbonyl (C=O) groups is 1. The zero-order valence-corrected chi connectivity index (χ0v) is 13.8. The standard InChI is InChI=1S/C18H17ClF2N2O/c19-14-11-16(21)15(20)10-13(14)18(24)23-9-5-4-8-17(23)22-12-6-2-1-3-7-12/h4-5,8-12H,1-3,6-7H2. The van der Waals surface area contributed by atoms with Crippen LogP contribution in [0.5, 0.6) is 0 Å². The van der Waals surface area contributed by atoms with E-state index in [0.29, 0.717) is 5.49 Å². The normalized spacial score (nSPS) is 16.4. The molecule has 0 atom stereocenters. The van der Waals surface area contributed by atoms with Gasteiger partial charge >= 0.3 is 0 Å². The van der Waals surface area contributed by atoms with E-state index in [2.05, 4.69) is 4.99 Å². The summed E-state index contributed by atoms with van der Waals surface area (Å²) in [6.45, 7) is 0. The second-order valence-electron chi connectivity index (χ2n) is 5.90. The molecule has 1 fully saturated rings. The molecule has 1 aromatic carbocycles. The lowest BCUT2D eigenvalue weighted by Gasteiger charge is -2.18. The lowest BCUT2D eigenvalue weighted by Crippen LogP contribution is -2.29. The number of halogens is 3. The van der Waals surface area contributed by atoms with Gasteiger partial charge in [0.1, 0.15) is 5.49 Å². The molecule has 0 saturated heterocycles. The van der Waals surface area contributed by atoms with Gasteiger partial charge in [0.05, 0.1) is 16.6 Å². The fraction of sp³-hybridized carbons (Fsp3) is 0.333. The van der Waals surface area contributed by atoms with E-state index in [-0.39, 0.29) is 16.6 Å². The number of rotatable bonds is 2. The minimum absolute atomic E-state index is 0.0909. The van der Waals surface area contributed by atoms with Crippen LogP contribution in [0.3, 0.4) is 0 Å². The van der Waals surface area contributed by atoms with E-state index >= 15 is 0 Å².